The predicted molar refractivity (Wildman–Crippen MR) is 82.2 cm³/mol. The standard InChI is InChI=1S/C15H24N2O2S/c1-12-8-15(10-16-9-12)17-20(18,19)11-13(2)14-6-4-3-5-7-14/h3-7,12-13,15-17H,8-11H2,1-2H3. The van der Waals surface area contributed by atoms with Crippen LogP contribution in [0.25, 0.3) is 0 Å². The minimum Gasteiger partial charge on any atom is -0.315 e. The normalized spacial score (nSPS) is 25.3. The lowest BCUT2D eigenvalue weighted by atomic mass is 9.99. The summed E-state index contributed by atoms with van der Waals surface area (Å²) in [4.78, 5) is 0. The zero-order valence-corrected chi connectivity index (χ0v) is 13.0. The first-order valence-electron chi connectivity index (χ1n) is 7.22. The maximum atomic E-state index is 12.3. The molecule has 20 heavy (non-hydrogen) atoms. The number of benzene rings is 1. The molecule has 1 heterocycles. The molecule has 2 rings (SSSR count). The Morgan fingerprint density at radius 2 is 2.00 bits per heavy atom. The fraction of sp³-hybridized carbons (Fsp3) is 0.600. The molecule has 1 aliphatic heterocycles. The highest BCUT2D eigenvalue weighted by molar-refractivity contribution is 7.89. The van der Waals surface area contributed by atoms with Gasteiger partial charge in [0, 0.05) is 12.6 Å². The van der Waals surface area contributed by atoms with Crippen molar-refractivity contribution in [2.24, 2.45) is 5.92 Å². The highest BCUT2D eigenvalue weighted by Crippen LogP contribution is 2.17. The highest BCUT2D eigenvalue weighted by Gasteiger charge is 2.24. The molecule has 0 bridgehead atoms. The molecular formula is C15H24N2O2S. The molecule has 1 aromatic rings. The van der Waals surface area contributed by atoms with E-state index in [1.807, 2.05) is 37.3 Å². The van der Waals surface area contributed by atoms with Gasteiger partial charge < -0.3 is 5.32 Å². The number of rotatable bonds is 5. The number of hydrogen-bond acceptors (Lipinski definition) is 3. The first-order chi connectivity index (χ1) is 9.46. The third-order valence-electron chi connectivity index (χ3n) is 3.75. The van der Waals surface area contributed by atoms with Crippen LogP contribution < -0.4 is 10.0 Å². The minimum atomic E-state index is -3.24. The van der Waals surface area contributed by atoms with E-state index >= 15 is 0 Å². The summed E-state index contributed by atoms with van der Waals surface area (Å²) in [7, 11) is -3.24. The van der Waals surface area contributed by atoms with Gasteiger partial charge in [-0.2, -0.15) is 0 Å². The second-order valence-corrected chi connectivity index (χ2v) is 7.71. The molecule has 0 saturated carbocycles. The predicted octanol–water partition coefficient (Wildman–Crippen LogP) is 1.71. The average molecular weight is 296 g/mol. The zero-order chi connectivity index (χ0) is 14.6. The maximum absolute atomic E-state index is 12.3. The molecule has 1 aromatic carbocycles. The molecule has 5 heteroatoms. The van der Waals surface area contributed by atoms with Gasteiger partial charge in [-0.3, -0.25) is 0 Å². The summed E-state index contributed by atoms with van der Waals surface area (Å²) in [5, 5.41) is 3.27. The van der Waals surface area contributed by atoms with Gasteiger partial charge in [0.25, 0.3) is 0 Å². The van der Waals surface area contributed by atoms with E-state index in [-0.39, 0.29) is 17.7 Å². The van der Waals surface area contributed by atoms with Crippen molar-refractivity contribution in [3.05, 3.63) is 35.9 Å². The number of sulfonamides is 1. The fourth-order valence-corrected chi connectivity index (χ4v) is 4.39. The monoisotopic (exact) mass is 296 g/mol. The van der Waals surface area contributed by atoms with Crippen LogP contribution in [0.5, 0.6) is 0 Å². The first-order valence-corrected chi connectivity index (χ1v) is 8.87. The van der Waals surface area contributed by atoms with Gasteiger partial charge in [0.05, 0.1) is 5.75 Å². The van der Waals surface area contributed by atoms with Crippen molar-refractivity contribution < 1.29 is 8.42 Å². The Balaban J connectivity index is 1.93. The second-order valence-electron chi connectivity index (χ2n) is 5.91. The molecule has 0 aliphatic carbocycles. The van der Waals surface area contributed by atoms with Crippen LogP contribution in [0.4, 0.5) is 0 Å². The molecule has 0 aromatic heterocycles. The van der Waals surface area contributed by atoms with Crippen LogP contribution in [0.1, 0.15) is 31.7 Å². The summed E-state index contributed by atoms with van der Waals surface area (Å²) in [5.74, 6) is 0.660. The summed E-state index contributed by atoms with van der Waals surface area (Å²) in [6, 6.07) is 9.80. The summed E-state index contributed by atoms with van der Waals surface area (Å²) in [6.45, 7) is 5.79. The van der Waals surface area contributed by atoms with Crippen molar-refractivity contribution in [3.63, 3.8) is 0 Å². The van der Waals surface area contributed by atoms with Crippen LogP contribution in [0.15, 0.2) is 30.3 Å². The lowest BCUT2D eigenvalue weighted by Crippen LogP contribution is -2.49. The van der Waals surface area contributed by atoms with Gasteiger partial charge in [-0.1, -0.05) is 44.2 Å². The van der Waals surface area contributed by atoms with E-state index in [1.165, 1.54) is 0 Å². The van der Waals surface area contributed by atoms with Crippen molar-refractivity contribution in [3.8, 4) is 0 Å². The third kappa shape index (κ3) is 4.58. The molecule has 0 amide bonds. The van der Waals surface area contributed by atoms with Crippen LogP contribution in [-0.2, 0) is 10.0 Å². The molecule has 0 radical (unpaired) electrons. The van der Waals surface area contributed by atoms with Crippen LogP contribution in [-0.4, -0.2) is 33.3 Å². The molecule has 3 atom stereocenters. The third-order valence-corrected chi connectivity index (χ3v) is 5.39. The van der Waals surface area contributed by atoms with Crippen molar-refractivity contribution in [1.29, 1.82) is 0 Å². The SMILES string of the molecule is CC1CNCC(NS(=O)(=O)CC(C)c2ccccc2)C1. The van der Waals surface area contributed by atoms with E-state index in [0.717, 1.165) is 25.1 Å². The van der Waals surface area contributed by atoms with E-state index in [2.05, 4.69) is 17.0 Å². The smallest absolute Gasteiger partial charge is 0.212 e. The van der Waals surface area contributed by atoms with E-state index in [9.17, 15) is 8.42 Å². The average Bonchev–Trinajstić information content (AvgIpc) is 2.38. The van der Waals surface area contributed by atoms with Crippen molar-refractivity contribution in [2.75, 3.05) is 18.8 Å². The van der Waals surface area contributed by atoms with Crippen molar-refractivity contribution >= 4 is 10.0 Å². The summed E-state index contributed by atoms with van der Waals surface area (Å²) in [6.07, 6.45) is 0.909. The molecular weight excluding hydrogens is 272 g/mol. The Bertz CT molecular complexity index is 516. The maximum Gasteiger partial charge on any atom is 0.212 e. The molecule has 1 fully saturated rings. The lowest BCUT2D eigenvalue weighted by molar-refractivity contribution is 0.346. The molecule has 112 valence electrons. The second kappa shape index (κ2) is 6.70. The van der Waals surface area contributed by atoms with E-state index in [1.54, 1.807) is 0 Å². The number of piperidine rings is 1. The highest BCUT2D eigenvalue weighted by atomic mass is 32.2. The van der Waals surface area contributed by atoms with Gasteiger partial charge in [-0.15, -0.1) is 0 Å². The Labute approximate surface area is 122 Å². The molecule has 0 spiro atoms. The first kappa shape index (κ1) is 15.5. The van der Waals surface area contributed by atoms with E-state index in [0.29, 0.717) is 5.92 Å². The van der Waals surface area contributed by atoms with Gasteiger partial charge in [0.2, 0.25) is 10.0 Å². The number of nitrogens with one attached hydrogen (secondary N) is 2. The Hall–Kier alpha value is -0.910. The fourth-order valence-electron chi connectivity index (χ4n) is 2.76. The quantitative estimate of drug-likeness (QED) is 0.869. The summed E-state index contributed by atoms with van der Waals surface area (Å²) >= 11 is 0. The molecule has 2 N–H and O–H groups in total. The molecule has 3 unspecified atom stereocenters. The lowest BCUT2D eigenvalue weighted by Gasteiger charge is -2.28. The van der Waals surface area contributed by atoms with Gasteiger partial charge in [-0.25, -0.2) is 13.1 Å². The largest absolute Gasteiger partial charge is 0.315 e. The van der Waals surface area contributed by atoms with Crippen LogP contribution in [0.2, 0.25) is 0 Å². The summed E-state index contributed by atoms with van der Waals surface area (Å²) < 4.78 is 27.3. The number of hydrogen-bond donors (Lipinski definition) is 2. The van der Waals surface area contributed by atoms with E-state index < -0.39 is 10.0 Å². The molecule has 1 saturated heterocycles. The van der Waals surface area contributed by atoms with Crippen LogP contribution in [0, 0.1) is 5.92 Å². The minimum absolute atomic E-state index is 0.00248. The van der Waals surface area contributed by atoms with Gasteiger partial charge >= 0.3 is 0 Å². The topological polar surface area (TPSA) is 58.2 Å². The molecule has 4 nitrogen and oxygen atoms in total. The van der Waals surface area contributed by atoms with Gasteiger partial charge in [0.1, 0.15) is 0 Å². The Kier molecular flexibility index (Phi) is 5.18. The van der Waals surface area contributed by atoms with Crippen molar-refractivity contribution in [1.82, 2.24) is 10.0 Å². The van der Waals surface area contributed by atoms with Crippen molar-refractivity contribution in [2.45, 2.75) is 32.2 Å². The van der Waals surface area contributed by atoms with Gasteiger partial charge in [-0.05, 0) is 30.4 Å². The zero-order valence-electron chi connectivity index (χ0n) is 12.2. The molecule has 1 aliphatic rings. The Morgan fingerprint density at radius 3 is 2.65 bits per heavy atom. The van der Waals surface area contributed by atoms with Crippen LogP contribution in [0.3, 0.4) is 0 Å². The van der Waals surface area contributed by atoms with Gasteiger partial charge in [0.15, 0.2) is 0 Å². The Morgan fingerprint density at radius 1 is 1.30 bits per heavy atom. The van der Waals surface area contributed by atoms with E-state index in [4.69, 9.17) is 0 Å². The van der Waals surface area contributed by atoms with Crippen LogP contribution >= 0.6 is 0 Å². The summed E-state index contributed by atoms with van der Waals surface area (Å²) in [5.41, 5.74) is 1.06.